The van der Waals surface area contributed by atoms with Crippen molar-refractivity contribution in [3.8, 4) is 0 Å². The van der Waals surface area contributed by atoms with E-state index in [1.165, 1.54) is 0 Å². The van der Waals surface area contributed by atoms with E-state index in [0.29, 0.717) is 5.56 Å². The first-order chi connectivity index (χ1) is 11.6. The van der Waals surface area contributed by atoms with E-state index in [2.05, 4.69) is 4.72 Å². The number of hydrogen-bond donors (Lipinski definition) is 2. The molecule has 2 aromatic rings. The minimum Gasteiger partial charge on any atom is -0.387 e. The van der Waals surface area contributed by atoms with Crippen LogP contribution in [0.4, 0.5) is 13.2 Å². The van der Waals surface area contributed by atoms with Gasteiger partial charge in [0.2, 0.25) is 10.0 Å². The van der Waals surface area contributed by atoms with E-state index in [1.807, 2.05) is 13.0 Å². The van der Waals surface area contributed by atoms with Crippen LogP contribution in [0.3, 0.4) is 0 Å². The zero-order valence-corrected chi connectivity index (χ0v) is 14.2. The van der Waals surface area contributed by atoms with E-state index >= 15 is 0 Å². The number of aliphatic hydroxyl groups excluding tert-OH is 1. The summed E-state index contributed by atoms with van der Waals surface area (Å²) in [7, 11) is -3.68. The van der Waals surface area contributed by atoms with Gasteiger partial charge in [-0.15, -0.1) is 0 Å². The van der Waals surface area contributed by atoms with E-state index < -0.39 is 27.9 Å². The maximum absolute atomic E-state index is 12.5. The SMILES string of the molecule is Cc1cccc(CS(=O)(=O)NC[C@H](O)c2ccc(C(F)(F)F)cc2)c1. The summed E-state index contributed by atoms with van der Waals surface area (Å²) in [6.07, 6.45) is -5.70. The highest BCUT2D eigenvalue weighted by atomic mass is 32.2. The van der Waals surface area contributed by atoms with Crippen LogP contribution in [-0.2, 0) is 22.0 Å². The lowest BCUT2D eigenvalue weighted by Gasteiger charge is -2.14. The van der Waals surface area contributed by atoms with E-state index in [4.69, 9.17) is 0 Å². The van der Waals surface area contributed by atoms with Crippen molar-refractivity contribution in [2.45, 2.75) is 25.0 Å². The maximum Gasteiger partial charge on any atom is 0.416 e. The van der Waals surface area contributed by atoms with Crippen LogP contribution >= 0.6 is 0 Å². The van der Waals surface area contributed by atoms with Gasteiger partial charge in [-0.25, -0.2) is 13.1 Å². The van der Waals surface area contributed by atoms with Crippen LogP contribution < -0.4 is 4.72 Å². The monoisotopic (exact) mass is 373 g/mol. The predicted octanol–water partition coefficient (Wildman–Crippen LogP) is 3.17. The molecule has 0 saturated heterocycles. The Morgan fingerprint density at radius 1 is 1.12 bits per heavy atom. The van der Waals surface area contributed by atoms with Crippen LogP contribution in [0, 0.1) is 6.92 Å². The Bertz CT molecular complexity index is 818. The van der Waals surface area contributed by atoms with Crippen molar-refractivity contribution in [3.05, 3.63) is 70.8 Å². The van der Waals surface area contributed by atoms with Gasteiger partial charge in [0.25, 0.3) is 0 Å². The van der Waals surface area contributed by atoms with Crippen molar-refractivity contribution >= 4 is 10.0 Å². The first-order valence-corrected chi connectivity index (χ1v) is 9.10. The summed E-state index contributed by atoms with van der Waals surface area (Å²) in [6, 6.07) is 11.0. The Hall–Kier alpha value is -1.90. The lowest BCUT2D eigenvalue weighted by atomic mass is 10.1. The topological polar surface area (TPSA) is 66.4 Å². The number of aliphatic hydroxyl groups is 1. The molecule has 25 heavy (non-hydrogen) atoms. The number of nitrogens with one attached hydrogen (secondary N) is 1. The number of halogens is 3. The largest absolute Gasteiger partial charge is 0.416 e. The average Bonchev–Trinajstić information content (AvgIpc) is 2.51. The second-order valence-corrected chi connectivity index (χ2v) is 7.54. The van der Waals surface area contributed by atoms with Crippen LogP contribution in [-0.4, -0.2) is 20.1 Å². The van der Waals surface area contributed by atoms with Crippen molar-refractivity contribution in [2.75, 3.05) is 6.54 Å². The molecule has 8 heteroatoms. The molecule has 0 spiro atoms. The third-order valence-electron chi connectivity index (χ3n) is 3.56. The molecule has 0 radical (unpaired) electrons. The maximum atomic E-state index is 12.5. The quantitative estimate of drug-likeness (QED) is 0.817. The molecule has 0 aliphatic heterocycles. The Labute approximate surface area is 144 Å². The highest BCUT2D eigenvalue weighted by Gasteiger charge is 2.30. The minimum absolute atomic E-state index is 0.200. The summed E-state index contributed by atoms with van der Waals surface area (Å²) in [5.41, 5.74) is 0.906. The fourth-order valence-corrected chi connectivity index (χ4v) is 3.42. The van der Waals surface area contributed by atoms with Gasteiger partial charge < -0.3 is 5.11 Å². The van der Waals surface area contributed by atoms with E-state index in [1.54, 1.807) is 18.2 Å². The normalized spacial score (nSPS) is 13.6. The van der Waals surface area contributed by atoms with Gasteiger partial charge in [0.1, 0.15) is 0 Å². The molecular formula is C17H18F3NO3S. The lowest BCUT2D eigenvalue weighted by Crippen LogP contribution is -2.29. The van der Waals surface area contributed by atoms with Crippen molar-refractivity contribution in [1.29, 1.82) is 0 Å². The molecule has 0 unspecified atom stereocenters. The van der Waals surface area contributed by atoms with E-state index in [-0.39, 0.29) is 17.9 Å². The van der Waals surface area contributed by atoms with Gasteiger partial charge in [-0.05, 0) is 30.2 Å². The van der Waals surface area contributed by atoms with Gasteiger partial charge >= 0.3 is 6.18 Å². The first kappa shape index (κ1) is 19.4. The minimum atomic E-state index is -4.46. The van der Waals surface area contributed by atoms with Gasteiger partial charge in [0.15, 0.2) is 0 Å². The number of sulfonamides is 1. The first-order valence-electron chi connectivity index (χ1n) is 7.45. The molecular weight excluding hydrogens is 355 g/mol. The highest BCUT2D eigenvalue weighted by molar-refractivity contribution is 7.88. The van der Waals surface area contributed by atoms with Crippen molar-refractivity contribution in [1.82, 2.24) is 4.72 Å². The van der Waals surface area contributed by atoms with Crippen LogP contribution in [0.25, 0.3) is 0 Å². The molecule has 0 bridgehead atoms. The molecule has 0 amide bonds. The molecule has 2 N–H and O–H groups in total. The summed E-state index contributed by atoms with van der Waals surface area (Å²) in [6.45, 7) is 1.53. The summed E-state index contributed by atoms with van der Waals surface area (Å²) in [5, 5.41) is 9.98. The smallest absolute Gasteiger partial charge is 0.387 e. The van der Waals surface area contributed by atoms with Crippen LogP contribution in [0.15, 0.2) is 48.5 Å². The summed E-state index contributed by atoms with van der Waals surface area (Å²) >= 11 is 0. The fraction of sp³-hybridized carbons (Fsp3) is 0.294. The number of rotatable bonds is 6. The Morgan fingerprint density at radius 3 is 2.32 bits per heavy atom. The van der Waals surface area contributed by atoms with Gasteiger partial charge in [-0.1, -0.05) is 42.0 Å². The molecule has 2 aromatic carbocycles. The van der Waals surface area contributed by atoms with E-state index in [0.717, 1.165) is 29.8 Å². The number of aryl methyl sites for hydroxylation is 1. The molecule has 0 fully saturated rings. The van der Waals surface area contributed by atoms with Crippen LogP contribution in [0.1, 0.15) is 28.4 Å². The van der Waals surface area contributed by atoms with Crippen LogP contribution in [0.2, 0.25) is 0 Å². The summed E-state index contributed by atoms with van der Waals surface area (Å²) in [4.78, 5) is 0. The molecule has 2 rings (SSSR count). The number of benzene rings is 2. The van der Waals surface area contributed by atoms with Crippen molar-refractivity contribution < 1.29 is 26.7 Å². The third-order valence-corrected chi connectivity index (χ3v) is 4.88. The molecule has 0 saturated carbocycles. The molecule has 4 nitrogen and oxygen atoms in total. The lowest BCUT2D eigenvalue weighted by molar-refractivity contribution is -0.137. The van der Waals surface area contributed by atoms with Crippen molar-refractivity contribution in [3.63, 3.8) is 0 Å². The molecule has 1 atom stereocenters. The number of hydrogen-bond acceptors (Lipinski definition) is 3. The van der Waals surface area contributed by atoms with Crippen LogP contribution in [0.5, 0.6) is 0 Å². The summed E-state index contributed by atoms with van der Waals surface area (Å²) < 4.78 is 63.9. The summed E-state index contributed by atoms with van der Waals surface area (Å²) in [5.74, 6) is -0.242. The molecule has 136 valence electrons. The predicted molar refractivity (Wildman–Crippen MR) is 88.2 cm³/mol. The Morgan fingerprint density at radius 2 is 1.76 bits per heavy atom. The molecule has 0 aliphatic carbocycles. The van der Waals surface area contributed by atoms with Gasteiger partial charge in [0, 0.05) is 6.54 Å². The Balaban J connectivity index is 1.97. The van der Waals surface area contributed by atoms with Gasteiger partial charge in [0.05, 0.1) is 17.4 Å². The molecule has 0 aliphatic rings. The van der Waals surface area contributed by atoms with E-state index in [9.17, 15) is 26.7 Å². The zero-order valence-electron chi connectivity index (χ0n) is 13.4. The highest BCUT2D eigenvalue weighted by Crippen LogP contribution is 2.29. The zero-order chi connectivity index (χ0) is 18.7. The third kappa shape index (κ3) is 5.84. The Kier molecular flexibility index (Phi) is 5.87. The molecule has 0 aromatic heterocycles. The second kappa shape index (κ2) is 7.55. The standard InChI is InChI=1S/C17H18F3NO3S/c1-12-3-2-4-13(9-12)11-25(23,24)21-10-16(22)14-5-7-15(8-6-14)17(18,19)20/h2-9,16,21-22H,10-11H2,1H3/t16-/m0/s1. The van der Waals surface area contributed by atoms with Crippen molar-refractivity contribution in [2.24, 2.45) is 0 Å². The molecule has 0 heterocycles. The van der Waals surface area contributed by atoms with Gasteiger partial charge in [-0.3, -0.25) is 0 Å². The second-order valence-electron chi connectivity index (χ2n) is 5.73. The average molecular weight is 373 g/mol. The van der Waals surface area contributed by atoms with Gasteiger partial charge in [-0.2, -0.15) is 13.2 Å². The number of alkyl halides is 3. The fourth-order valence-electron chi connectivity index (χ4n) is 2.29.